The molecular formula is C80H153NO10. The van der Waals surface area contributed by atoms with Gasteiger partial charge in [-0.1, -0.05) is 379 Å². The Morgan fingerprint density at radius 1 is 0.418 bits per heavy atom. The van der Waals surface area contributed by atoms with Crippen LogP contribution in [0.25, 0.3) is 0 Å². The fourth-order valence-corrected chi connectivity index (χ4v) is 13.1. The Morgan fingerprint density at radius 3 is 1.07 bits per heavy atom. The highest BCUT2D eigenvalue weighted by atomic mass is 16.7. The van der Waals surface area contributed by atoms with Crippen LogP contribution in [0.3, 0.4) is 0 Å². The normalized spacial score (nSPS) is 18.0. The summed E-state index contributed by atoms with van der Waals surface area (Å²) in [5, 5.41) is 57.5. The average molecular weight is 1290 g/mol. The molecule has 0 spiro atoms. The molecule has 0 saturated carbocycles. The molecule has 0 aromatic heterocycles. The van der Waals surface area contributed by atoms with Gasteiger partial charge in [-0.3, -0.25) is 9.59 Å². The first kappa shape index (κ1) is 87.2. The molecule has 1 fully saturated rings. The third-order valence-corrected chi connectivity index (χ3v) is 19.4. The zero-order valence-corrected chi connectivity index (χ0v) is 60.3. The summed E-state index contributed by atoms with van der Waals surface area (Å²) < 4.78 is 17.8. The van der Waals surface area contributed by atoms with Gasteiger partial charge < -0.3 is 45.1 Å². The third kappa shape index (κ3) is 54.9. The molecule has 11 heteroatoms. The van der Waals surface area contributed by atoms with Crippen LogP contribution in [0.1, 0.15) is 412 Å². The number of aliphatic hydroxyl groups is 5. The number of nitrogens with one attached hydrogen (secondary N) is 1. The van der Waals surface area contributed by atoms with Gasteiger partial charge in [0.25, 0.3) is 0 Å². The van der Waals surface area contributed by atoms with Crippen molar-refractivity contribution in [3.05, 3.63) is 24.3 Å². The molecule has 0 bridgehead atoms. The highest BCUT2D eigenvalue weighted by Crippen LogP contribution is 2.27. The van der Waals surface area contributed by atoms with Crippen molar-refractivity contribution < 1.29 is 49.3 Å². The van der Waals surface area contributed by atoms with Crippen LogP contribution >= 0.6 is 0 Å². The van der Waals surface area contributed by atoms with E-state index in [-0.39, 0.29) is 13.0 Å². The predicted molar refractivity (Wildman–Crippen MR) is 384 cm³/mol. The van der Waals surface area contributed by atoms with Crippen LogP contribution in [0.4, 0.5) is 0 Å². The van der Waals surface area contributed by atoms with Crippen molar-refractivity contribution in [3.63, 3.8) is 0 Å². The summed E-state index contributed by atoms with van der Waals surface area (Å²) in [6.45, 7) is 5.87. The largest absolute Gasteiger partial charge is 0.454 e. The summed E-state index contributed by atoms with van der Waals surface area (Å²) in [6, 6.07) is -1.02. The van der Waals surface area contributed by atoms with Gasteiger partial charge in [-0.15, -0.1) is 0 Å². The summed E-state index contributed by atoms with van der Waals surface area (Å²) in [6.07, 6.45) is 73.8. The van der Waals surface area contributed by atoms with Gasteiger partial charge in [0.15, 0.2) is 12.4 Å². The molecule has 0 aromatic rings. The van der Waals surface area contributed by atoms with Crippen LogP contribution in [-0.2, 0) is 23.8 Å². The minimum atomic E-state index is -1.61. The summed E-state index contributed by atoms with van der Waals surface area (Å²) in [5.41, 5.74) is 0. The van der Waals surface area contributed by atoms with Gasteiger partial charge in [0.05, 0.1) is 25.4 Å². The van der Waals surface area contributed by atoms with Crippen molar-refractivity contribution in [1.82, 2.24) is 5.32 Å². The van der Waals surface area contributed by atoms with E-state index in [1.54, 1.807) is 6.08 Å². The lowest BCUT2D eigenvalue weighted by Gasteiger charge is -2.41. The number of unbranched alkanes of at least 4 members (excludes halogenated alkanes) is 55. The maximum Gasteiger partial charge on any atom is 0.306 e. The van der Waals surface area contributed by atoms with Crippen molar-refractivity contribution >= 4 is 11.9 Å². The van der Waals surface area contributed by atoms with Gasteiger partial charge in [0.1, 0.15) is 24.4 Å². The van der Waals surface area contributed by atoms with E-state index in [1.165, 1.54) is 308 Å². The van der Waals surface area contributed by atoms with E-state index < -0.39 is 67.4 Å². The molecule has 11 nitrogen and oxygen atoms in total. The molecule has 1 aliphatic rings. The third-order valence-electron chi connectivity index (χ3n) is 19.4. The van der Waals surface area contributed by atoms with E-state index in [9.17, 15) is 35.1 Å². The molecule has 538 valence electrons. The number of carbonyl (C=O) groups is 2. The van der Waals surface area contributed by atoms with Gasteiger partial charge in [-0.05, 0) is 51.4 Å². The van der Waals surface area contributed by atoms with E-state index in [1.807, 2.05) is 6.08 Å². The van der Waals surface area contributed by atoms with Crippen molar-refractivity contribution in [2.24, 2.45) is 0 Å². The Kier molecular flexibility index (Phi) is 65.2. The van der Waals surface area contributed by atoms with Gasteiger partial charge >= 0.3 is 5.97 Å². The Bertz CT molecular complexity index is 1580. The van der Waals surface area contributed by atoms with Gasteiger partial charge in [-0.25, -0.2) is 0 Å². The molecule has 6 N–H and O–H groups in total. The number of carbonyl (C=O) groups excluding carboxylic acids is 2. The van der Waals surface area contributed by atoms with E-state index in [0.29, 0.717) is 19.3 Å². The summed E-state index contributed by atoms with van der Waals surface area (Å²) in [7, 11) is 0. The molecule has 91 heavy (non-hydrogen) atoms. The second kappa shape index (κ2) is 68.1. The average Bonchev–Trinajstić information content (AvgIpc) is 1.05. The number of rotatable bonds is 71. The van der Waals surface area contributed by atoms with E-state index in [4.69, 9.17) is 14.2 Å². The van der Waals surface area contributed by atoms with Crippen LogP contribution in [0.5, 0.6) is 0 Å². The van der Waals surface area contributed by atoms with E-state index in [0.717, 1.165) is 57.8 Å². The monoisotopic (exact) mass is 1290 g/mol. The lowest BCUT2D eigenvalue weighted by Crippen LogP contribution is -2.61. The molecule has 8 atom stereocenters. The van der Waals surface area contributed by atoms with Crippen molar-refractivity contribution in [3.8, 4) is 0 Å². The van der Waals surface area contributed by atoms with E-state index >= 15 is 0 Å². The van der Waals surface area contributed by atoms with Gasteiger partial charge in [0, 0.05) is 6.42 Å². The zero-order valence-electron chi connectivity index (χ0n) is 60.3. The summed E-state index contributed by atoms with van der Waals surface area (Å²) >= 11 is 0. The molecule has 1 rings (SSSR count). The number of amides is 1. The topological polar surface area (TPSA) is 175 Å². The highest BCUT2D eigenvalue weighted by molar-refractivity contribution is 5.80. The fraction of sp³-hybridized carbons (Fsp3) is 0.925. The molecule has 0 aliphatic carbocycles. The lowest BCUT2D eigenvalue weighted by atomic mass is 9.99. The zero-order chi connectivity index (χ0) is 66.0. The molecule has 0 radical (unpaired) electrons. The smallest absolute Gasteiger partial charge is 0.306 e. The van der Waals surface area contributed by atoms with Crippen LogP contribution in [-0.4, -0.2) is 99.6 Å². The first-order valence-corrected chi connectivity index (χ1v) is 40.1. The van der Waals surface area contributed by atoms with Crippen molar-refractivity contribution in [1.29, 1.82) is 0 Å². The Hall–Kier alpha value is -1.86. The highest BCUT2D eigenvalue weighted by Gasteiger charge is 2.47. The summed E-state index contributed by atoms with van der Waals surface area (Å²) in [5.74, 6) is -1.17. The Labute approximate surface area is 562 Å². The lowest BCUT2D eigenvalue weighted by molar-refractivity contribution is -0.305. The molecule has 1 saturated heterocycles. The van der Waals surface area contributed by atoms with Crippen LogP contribution < -0.4 is 5.32 Å². The number of aliphatic hydroxyl groups excluding tert-OH is 5. The summed E-state index contributed by atoms with van der Waals surface area (Å²) in [4.78, 5) is 26.8. The maximum atomic E-state index is 13.5. The first-order valence-electron chi connectivity index (χ1n) is 40.1. The molecule has 8 unspecified atom stereocenters. The SMILES string of the molecule is CCCCCCCC/C=C/CCCCCCCCCCCCCCC(O)C(=O)NC(COC1OC(CO)C(O)C(O)C1OC(=O)CCCCCCCCCCCCCCCCCCCCCCCCCCCCC)C(O)/C=C/CCCCCCCCCCCCC. The van der Waals surface area contributed by atoms with E-state index in [2.05, 4.69) is 38.2 Å². The van der Waals surface area contributed by atoms with Crippen LogP contribution in [0, 0.1) is 0 Å². The maximum absolute atomic E-state index is 13.5. The fourth-order valence-electron chi connectivity index (χ4n) is 13.1. The van der Waals surface area contributed by atoms with Crippen molar-refractivity contribution in [2.45, 2.75) is 461 Å². The molecule has 0 aromatic carbocycles. The van der Waals surface area contributed by atoms with Crippen LogP contribution in [0.2, 0.25) is 0 Å². The first-order chi connectivity index (χ1) is 44.7. The second-order valence-corrected chi connectivity index (χ2v) is 28.2. The molecule has 1 heterocycles. The number of allylic oxidation sites excluding steroid dienone is 3. The number of ether oxygens (including phenoxy) is 3. The minimum Gasteiger partial charge on any atom is -0.454 e. The number of hydrogen-bond acceptors (Lipinski definition) is 10. The predicted octanol–water partition coefficient (Wildman–Crippen LogP) is 21.5. The molecule has 1 amide bonds. The van der Waals surface area contributed by atoms with Gasteiger partial charge in [-0.2, -0.15) is 0 Å². The minimum absolute atomic E-state index is 0.131. The van der Waals surface area contributed by atoms with Crippen LogP contribution in [0.15, 0.2) is 24.3 Å². The van der Waals surface area contributed by atoms with Crippen molar-refractivity contribution in [2.75, 3.05) is 13.2 Å². The standard InChI is InChI=1S/C80H153NO10/c1-4-7-10-13-16-19-22-25-27-29-31-33-35-36-37-38-39-41-43-45-47-50-53-56-59-62-65-68-75(85)91-78-77(87)76(86)74(69-82)90-80(78)89-70-71(72(83)66-63-60-57-54-51-48-24-21-18-15-12-9-6-3)81-79(88)73(84)67-64-61-58-55-52-49-46-44-42-40-34-32-30-28-26-23-20-17-14-11-8-5-2/h26,28,63,66,71-74,76-78,80,82-84,86-87H,4-25,27,29-62,64-65,67-70H2,1-3H3,(H,81,88)/b28-26+,66-63+. The molecule has 1 aliphatic heterocycles. The quantitative estimate of drug-likeness (QED) is 0.0195. The Morgan fingerprint density at radius 2 is 0.725 bits per heavy atom. The van der Waals surface area contributed by atoms with Gasteiger partial charge in [0.2, 0.25) is 5.91 Å². The second-order valence-electron chi connectivity index (χ2n) is 28.2. The Balaban J connectivity index is 2.49. The molecular weight excluding hydrogens is 1130 g/mol. The number of hydrogen-bond donors (Lipinski definition) is 6. The number of esters is 1.